The van der Waals surface area contributed by atoms with E-state index in [9.17, 15) is 18.0 Å². The summed E-state index contributed by atoms with van der Waals surface area (Å²) in [5, 5.41) is 13.7. The number of hydrogen-bond acceptors (Lipinski definition) is 2. The van der Waals surface area contributed by atoms with E-state index >= 15 is 0 Å². The molecule has 0 aromatic heterocycles. The van der Waals surface area contributed by atoms with Crippen LogP contribution < -0.4 is 10.6 Å². The van der Waals surface area contributed by atoms with Crippen LogP contribution in [0.5, 0.6) is 0 Å². The molecular weight excluding hydrogens is 273 g/mol. The topological polar surface area (TPSA) is 61.4 Å². The number of carbonyl (C=O) groups excluding carboxylic acids is 1. The summed E-state index contributed by atoms with van der Waals surface area (Å²) in [6.07, 6.45) is -5.38. The first-order valence-electron chi connectivity index (χ1n) is 6.15. The van der Waals surface area contributed by atoms with Crippen molar-refractivity contribution in [2.45, 2.75) is 32.0 Å². The second kappa shape index (κ2) is 7.14. The van der Waals surface area contributed by atoms with Gasteiger partial charge in [0.25, 0.3) is 0 Å². The summed E-state index contributed by atoms with van der Waals surface area (Å²) < 4.78 is 36.7. The van der Waals surface area contributed by atoms with Crippen LogP contribution >= 0.6 is 0 Å². The molecule has 0 saturated heterocycles. The highest BCUT2D eigenvalue weighted by atomic mass is 19.4. The van der Waals surface area contributed by atoms with Gasteiger partial charge in [0.05, 0.1) is 12.6 Å². The van der Waals surface area contributed by atoms with Crippen LogP contribution in [0.3, 0.4) is 0 Å². The average molecular weight is 290 g/mol. The third-order valence-electron chi connectivity index (χ3n) is 2.59. The van der Waals surface area contributed by atoms with Gasteiger partial charge in [0.1, 0.15) is 0 Å². The highest BCUT2D eigenvalue weighted by Gasteiger charge is 2.27. The molecule has 3 N–H and O–H groups in total. The van der Waals surface area contributed by atoms with Crippen LogP contribution in [-0.2, 0) is 6.42 Å². The Balaban J connectivity index is 2.68. The minimum Gasteiger partial charge on any atom is -0.394 e. The number of aliphatic hydroxyl groups is 1. The van der Waals surface area contributed by atoms with Gasteiger partial charge in [-0.2, -0.15) is 13.2 Å². The maximum Gasteiger partial charge on any atom is 0.389 e. The smallest absolute Gasteiger partial charge is 0.389 e. The molecule has 112 valence electrons. The fourth-order valence-electron chi connectivity index (χ4n) is 1.56. The fraction of sp³-hybridized carbons (Fsp3) is 0.462. The van der Waals surface area contributed by atoms with Gasteiger partial charge in [0, 0.05) is 12.1 Å². The first-order chi connectivity index (χ1) is 9.31. The van der Waals surface area contributed by atoms with Crippen molar-refractivity contribution in [2.24, 2.45) is 0 Å². The Morgan fingerprint density at radius 2 is 2.00 bits per heavy atom. The molecule has 4 nitrogen and oxygen atoms in total. The lowest BCUT2D eigenvalue weighted by Crippen LogP contribution is -2.38. The van der Waals surface area contributed by atoms with Crippen molar-refractivity contribution < 1.29 is 23.1 Å². The van der Waals surface area contributed by atoms with E-state index in [0.717, 1.165) is 0 Å². The molecule has 0 radical (unpaired) electrons. The first kappa shape index (κ1) is 16.3. The first-order valence-corrected chi connectivity index (χ1v) is 6.15. The standard InChI is InChI=1S/C13H17F3N2O2/c1-9(8-19)17-12(20)18-11-5-3-2-4-10(11)6-7-13(14,15)16/h2-5,9,19H,6-8H2,1H3,(H2,17,18,20). The Labute approximate surface area is 115 Å². The summed E-state index contributed by atoms with van der Waals surface area (Å²) in [5.74, 6) is 0. The van der Waals surface area contributed by atoms with Gasteiger partial charge in [-0.05, 0) is 25.0 Å². The molecule has 7 heteroatoms. The van der Waals surface area contributed by atoms with Gasteiger partial charge in [-0.25, -0.2) is 4.79 Å². The average Bonchev–Trinajstić information content (AvgIpc) is 2.36. The maximum atomic E-state index is 12.2. The zero-order valence-corrected chi connectivity index (χ0v) is 11.0. The van der Waals surface area contributed by atoms with Crippen molar-refractivity contribution in [3.05, 3.63) is 29.8 Å². The van der Waals surface area contributed by atoms with Crippen molar-refractivity contribution in [3.63, 3.8) is 0 Å². The summed E-state index contributed by atoms with van der Waals surface area (Å²) in [6.45, 7) is 1.39. The van der Waals surface area contributed by atoms with E-state index in [1.165, 1.54) is 12.1 Å². The summed E-state index contributed by atoms with van der Waals surface area (Å²) in [4.78, 5) is 11.6. The fourth-order valence-corrected chi connectivity index (χ4v) is 1.56. The molecule has 20 heavy (non-hydrogen) atoms. The number of aliphatic hydroxyl groups excluding tert-OH is 1. The van der Waals surface area contributed by atoms with Gasteiger partial charge in [0.2, 0.25) is 0 Å². The molecule has 0 fully saturated rings. The molecule has 0 bridgehead atoms. The van der Waals surface area contributed by atoms with Crippen LogP contribution in [0.25, 0.3) is 0 Å². The van der Waals surface area contributed by atoms with Gasteiger partial charge in [-0.15, -0.1) is 0 Å². The Hall–Kier alpha value is -1.76. The second-order valence-corrected chi connectivity index (χ2v) is 4.45. The van der Waals surface area contributed by atoms with Crippen molar-refractivity contribution in [3.8, 4) is 0 Å². The highest BCUT2D eigenvalue weighted by molar-refractivity contribution is 5.90. The van der Waals surface area contributed by atoms with Crippen molar-refractivity contribution in [1.82, 2.24) is 5.32 Å². The number of alkyl halides is 3. The lowest BCUT2D eigenvalue weighted by atomic mass is 10.1. The summed E-state index contributed by atoms with van der Waals surface area (Å²) in [7, 11) is 0. The molecule has 1 rings (SSSR count). The molecule has 1 aromatic carbocycles. The van der Waals surface area contributed by atoms with Crippen LogP contribution in [0.2, 0.25) is 0 Å². The minimum absolute atomic E-state index is 0.199. The maximum absolute atomic E-state index is 12.2. The molecule has 0 aliphatic carbocycles. The van der Waals surface area contributed by atoms with Crippen LogP contribution in [-0.4, -0.2) is 30.0 Å². The van der Waals surface area contributed by atoms with Gasteiger partial charge in [-0.1, -0.05) is 18.2 Å². The zero-order chi connectivity index (χ0) is 15.2. The Bertz CT molecular complexity index is 449. The third kappa shape index (κ3) is 5.92. The zero-order valence-electron chi connectivity index (χ0n) is 11.0. The summed E-state index contributed by atoms with van der Waals surface area (Å²) >= 11 is 0. The normalized spacial score (nSPS) is 12.8. The number of benzene rings is 1. The Kier molecular flexibility index (Phi) is 5.82. The van der Waals surface area contributed by atoms with Gasteiger partial charge >= 0.3 is 12.2 Å². The number of halogens is 3. The molecule has 0 heterocycles. The Morgan fingerprint density at radius 1 is 1.35 bits per heavy atom. The number of amides is 2. The number of urea groups is 1. The van der Waals surface area contributed by atoms with Gasteiger partial charge in [0.15, 0.2) is 0 Å². The van der Waals surface area contributed by atoms with E-state index in [1.807, 2.05) is 0 Å². The van der Waals surface area contributed by atoms with E-state index in [0.29, 0.717) is 11.3 Å². The predicted octanol–water partition coefficient (Wildman–Crippen LogP) is 2.68. The number of para-hydroxylation sites is 1. The molecular formula is C13H17F3N2O2. The highest BCUT2D eigenvalue weighted by Crippen LogP contribution is 2.25. The molecule has 1 unspecified atom stereocenters. The number of carbonyl (C=O) groups is 1. The molecule has 0 saturated carbocycles. The van der Waals surface area contributed by atoms with Crippen LogP contribution in [0.15, 0.2) is 24.3 Å². The van der Waals surface area contributed by atoms with Crippen LogP contribution in [0.4, 0.5) is 23.7 Å². The summed E-state index contributed by atoms with van der Waals surface area (Å²) in [6, 6.07) is 5.32. The van der Waals surface area contributed by atoms with Crippen molar-refractivity contribution >= 4 is 11.7 Å². The molecule has 0 aliphatic heterocycles. The SMILES string of the molecule is CC(CO)NC(=O)Nc1ccccc1CCC(F)(F)F. The second-order valence-electron chi connectivity index (χ2n) is 4.45. The largest absolute Gasteiger partial charge is 0.394 e. The van der Waals surface area contributed by atoms with Gasteiger partial charge in [-0.3, -0.25) is 0 Å². The molecule has 0 spiro atoms. The van der Waals surface area contributed by atoms with E-state index in [-0.39, 0.29) is 13.0 Å². The molecule has 0 aliphatic rings. The lowest BCUT2D eigenvalue weighted by Gasteiger charge is -2.15. The van der Waals surface area contributed by atoms with Gasteiger partial charge < -0.3 is 15.7 Å². The van der Waals surface area contributed by atoms with E-state index in [2.05, 4.69) is 10.6 Å². The summed E-state index contributed by atoms with van der Waals surface area (Å²) in [5.41, 5.74) is 0.746. The number of nitrogens with one attached hydrogen (secondary N) is 2. The number of aryl methyl sites for hydroxylation is 1. The number of anilines is 1. The Morgan fingerprint density at radius 3 is 2.60 bits per heavy atom. The van der Waals surface area contributed by atoms with E-state index < -0.39 is 24.7 Å². The number of rotatable bonds is 5. The molecule has 1 atom stereocenters. The third-order valence-corrected chi connectivity index (χ3v) is 2.59. The quantitative estimate of drug-likeness (QED) is 0.780. The predicted molar refractivity (Wildman–Crippen MR) is 69.5 cm³/mol. The minimum atomic E-state index is -4.24. The van der Waals surface area contributed by atoms with E-state index in [1.54, 1.807) is 19.1 Å². The molecule has 1 aromatic rings. The van der Waals surface area contributed by atoms with E-state index in [4.69, 9.17) is 5.11 Å². The van der Waals surface area contributed by atoms with Crippen LogP contribution in [0.1, 0.15) is 18.9 Å². The van der Waals surface area contributed by atoms with Crippen molar-refractivity contribution in [1.29, 1.82) is 0 Å². The van der Waals surface area contributed by atoms with Crippen LogP contribution in [0, 0.1) is 0 Å². The monoisotopic (exact) mass is 290 g/mol. The lowest BCUT2D eigenvalue weighted by molar-refractivity contribution is -0.133. The number of hydrogen-bond donors (Lipinski definition) is 3. The molecule has 2 amide bonds. The van der Waals surface area contributed by atoms with Crippen molar-refractivity contribution in [2.75, 3.05) is 11.9 Å².